The molecule has 2 nitrogen and oxygen atoms in total. The summed E-state index contributed by atoms with van der Waals surface area (Å²) in [5.74, 6) is 2.32. The molecule has 0 aliphatic rings. The van der Waals surface area contributed by atoms with E-state index in [-0.39, 0.29) is 6.04 Å². The van der Waals surface area contributed by atoms with Crippen molar-refractivity contribution in [3.05, 3.63) is 0 Å². The first-order valence-electron chi connectivity index (χ1n) is 2.13. The summed E-state index contributed by atoms with van der Waals surface area (Å²) in [6, 6.07) is 0.0291. The molecule has 0 amide bonds. The highest BCUT2D eigenvalue weighted by molar-refractivity contribution is 4.91. The van der Waals surface area contributed by atoms with Crippen molar-refractivity contribution in [1.29, 1.82) is 0 Å². The van der Waals surface area contributed by atoms with E-state index in [0.29, 0.717) is 6.42 Å². The Bertz CT molecular complexity index is 88.0. The summed E-state index contributed by atoms with van der Waals surface area (Å²) in [6.07, 6.45) is 2.02. The molecule has 0 aromatic rings. The summed E-state index contributed by atoms with van der Waals surface area (Å²) in [4.78, 5) is 0. The molecule has 0 rings (SSSR count). The van der Waals surface area contributed by atoms with Gasteiger partial charge in [0.25, 0.3) is 0 Å². The zero-order chi connectivity index (χ0) is 5.70. The molecule has 0 spiro atoms. The molecule has 0 aliphatic heterocycles. The lowest BCUT2D eigenvalue weighted by atomic mass is 10.3. The summed E-state index contributed by atoms with van der Waals surface area (Å²) >= 11 is 0. The van der Waals surface area contributed by atoms with E-state index >= 15 is 0 Å². The van der Waals surface area contributed by atoms with Crippen LogP contribution in [0.5, 0.6) is 0 Å². The van der Waals surface area contributed by atoms with Crippen LogP contribution in [0.15, 0.2) is 0 Å². The van der Waals surface area contributed by atoms with Crippen LogP contribution in [0.2, 0.25) is 0 Å². The molecule has 1 atom stereocenters. The van der Waals surface area contributed by atoms with Gasteiger partial charge < -0.3 is 5.73 Å². The smallest absolute Gasteiger partial charge is 0.172 e. The molecule has 0 aromatic carbocycles. The first-order valence-corrected chi connectivity index (χ1v) is 2.13. The summed E-state index contributed by atoms with van der Waals surface area (Å²) in [7, 11) is 0. The van der Waals surface area contributed by atoms with Crippen LogP contribution in [0.25, 0.3) is 0 Å². The lowest BCUT2D eigenvalue weighted by molar-refractivity contribution is 0.390. The van der Waals surface area contributed by atoms with Gasteiger partial charge in [0, 0.05) is 12.5 Å². The third-order valence-electron chi connectivity index (χ3n) is 0.496. The number of hydrogen-bond acceptors (Lipinski definition) is 1. The lowest BCUT2D eigenvalue weighted by Crippen LogP contribution is -2.12. The molecule has 0 bridgehead atoms. The Hall–Kier alpha value is -0.680. The van der Waals surface area contributed by atoms with E-state index in [1.54, 1.807) is 0 Å². The zero-order valence-corrected chi connectivity index (χ0v) is 4.27. The second-order valence-corrected chi connectivity index (χ2v) is 1.46. The molecule has 0 fully saturated rings. The van der Waals surface area contributed by atoms with Crippen molar-refractivity contribution in [3.8, 4) is 12.0 Å². The third-order valence-corrected chi connectivity index (χ3v) is 0.496. The summed E-state index contributed by atoms with van der Waals surface area (Å²) in [6.45, 7) is 1.81. The quantitative estimate of drug-likeness (QED) is 0.465. The van der Waals surface area contributed by atoms with Gasteiger partial charge in [0.1, 0.15) is 0 Å². The van der Waals surface area contributed by atoms with Crippen molar-refractivity contribution in [2.24, 2.45) is 5.73 Å². The standard InChI is InChI=1S/C5H8NO/c1-5(6)3-2-4-7/h5H,3,6H2,1H3. The first-order chi connectivity index (χ1) is 3.27. The maximum absolute atomic E-state index is 9.42. The molecule has 7 heavy (non-hydrogen) atoms. The monoisotopic (exact) mass is 98.1 g/mol. The number of nitrogens with two attached hydrogens (primary N) is 1. The van der Waals surface area contributed by atoms with Gasteiger partial charge in [-0.3, -0.25) is 0 Å². The van der Waals surface area contributed by atoms with Crippen molar-refractivity contribution in [3.63, 3.8) is 0 Å². The molecule has 2 heteroatoms. The summed E-state index contributed by atoms with van der Waals surface area (Å²) in [5.41, 5.74) is 5.24. The van der Waals surface area contributed by atoms with Crippen LogP contribution in [0.1, 0.15) is 13.3 Å². The van der Waals surface area contributed by atoms with Gasteiger partial charge in [-0.15, -0.1) is 0 Å². The van der Waals surface area contributed by atoms with Crippen molar-refractivity contribution in [2.45, 2.75) is 19.4 Å². The van der Waals surface area contributed by atoms with Crippen LogP contribution in [-0.2, 0) is 5.11 Å². The van der Waals surface area contributed by atoms with E-state index in [9.17, 15) is 5.11 Å². The fraction of sp³-hybridized carbons (Fsp3) is 0.600. The topological polar surface area (TPSA) is 45.9 Å². The minimum atomic E-state index is 0.0291. The minimum Gasteiger partial charge on any atom is -0.327 e. The SMILES string of the molecule is CC(N)CC#C[O]. The number of rotatable bonds is 1. The highest BCUT2D eigenvalue weighted by Gasteiger charge is 1.84. The van der Waals surface area contributed by atoms with E-state index in [1.807, 2.05) is 6.92 Å². The Morgan fingerprint density at radius 2 is 2.43 bits per heavy atom. The van der Waals surface area contributed by atoms with Gasteiger partial charge in [-0.2, -0.15) is 0 Å². The predicted molar refractivity (Wildman–Crippen MR) is 26.7 cm³/mol. The fourth-order valence-electron chi connectivity index (χ4n) is 0.203. The highest BCUT2D eigenvalue weighted by atomic mass is 16.2. The zero-order valence-electron chi connectivity index (χ0n) is 4.27. The molecular formula is C5H8NO. The van der Waals surface area contributed by atoms with Gasteiger partial charge in [-0.25, -0.2) is 5.11 Å². The Labute approximate surface area is 43.3 Å². The molecule has 0 saturated carbocycles. The van der Waals surface area contributed by atoms with Crippen molar-refractivity contribution in [1.82, 2.24) is 0 Å². The Balaban J connectivity index is 3.08. The molecule has 1 unspecified atom stereocenters. The van der Waals surface area contributed by atoms with Crippen LogP contribution >= 0.6 is 0 Å². The van der Waals surface area contributed by atoms with E-state index < -0.39 is 0 Å². The highest BCUT2D eigenvalue weighted by Crippen LogP contribution is 1.79. The summed E-state index contributed by atoms with van der Waals surface area (Å²) in [5, 5.41) is 9.42. The van der Waals surface area contributed by atoms with Crippen LogP contribution in [-0.4, -0.2) is 6.04 Å². The minimum absolute atomic E-state index is 0.0291. The maximum atomic E-state index is 9.42. The van der Waals surface area contributed by atoms with E-state index in [0.717, 1.165) is 0 Å². The summed E-state index contributed by atoms with van der Waals surface area (Å²) < 4.78 is 0. The van der Waals surface area contributed by atoms with Gasteiger partial charge in [0.2, 0.25) is 0 Å². The van der Waals surface area contributed by atoms with Gasteiger partial charge in [0.15, 0.2) is 6.11 Å². The Morgan fingerprint density at radius 3 is 2.57 bits per heavy atom. The Morgan fingerprint density at radius 1 is 1.86 bits per heavy atom. The first kappa shape index (κ1) is 6.32. The van der Waals surface area contributed by atoms with Crippen LogP contribution in [0.4, 0.5) is 0 Å². The van der Waals surface area contributed by atoms with Crippen molar-refractivity contribution >= 4 is 0 Å². The largest absolute Gasteiger partial charge is 0.327 e. The predicted octanol–water partition coefficient (Wildman–Crippen LogP) is 0.115. The molecule has 2 N–H and O–H groups in total. The van der Waals surface area contributed by atoms with Gasteiger partial charge in [-0.05, 0) is 6.92 Å². The second kappa shape index (κ2) is 3.51. The van der Waals surface area contributed by atoms with Crippen molar-refractivity contribution in [2.75, 3.05) is 0 Å². The van der Waals surface area contributed by atoms with E-state index in [4.69, 9.17) is 5.73 Å². The van der Waals surface area contributed by atoms with Crippen LogP contribution in [0, 0.1) is 12.0 Å². The second-order valence-electron chi connectivity index (χ2n) is 1.46. The maximum Gasteiger partial charge on any atom is 0.172 e. The van der Waals surface area contributed by atoms with E-state index in [1.165, 1.54) is 6.11 Å². The third kappa shape index (κ3) is 5.32. The lowest BCUT2D eigenvalue weighted by Gasteiger charge is -1.91. The normalized spacial score (nSPS) is 11.7. The van der Waals surface area contributed by atoms with Gasteiger partial charge in [0.05, 0.1) is 0 Å². The molecule has 39 valence electrons. The van der Waals surface area contributed by atoms with Crippen molar-refractivity contribution < 1.29 is 5.11 Å². The molecule has 1 radical (unpaired) electrons. The molecule has 0 aromatic heterocycles. The van der Waals surface area contributed by atoms with Gasteiger partial charge >= 0.3 is 0 Å². The number of hydrogen-bond donors (Lipinski definition) is 1. The molecule has 0 aliphatic carbocycles. The van der Waals surface area contributed by atoms with E-state index in [2.05, 4.69) is 5.92 Å². The average molecular weight is 98.1 g/mol. The fourth-order valence-corrected chi connectivity index (χ4v) is 0.203. The van der Waals surface area contributed by atoms with Crippen LogP contribution in [0.3, 0.4) is 0 Å². The molecule has 0 heterocycles. The molecular weight excluding hydrogens is 90.1 g/mol. The average Bonchev–Trinajstić information content (AvgIpc) is 1.61. The Kier molecular flexibility index (Phi) is 3.17. The van der Waals surface area contributed by atoms with Gasteiger partial charge in [-0.1, -0.05) is 5.92 Å². The van der Waals surface area contributed by atoms with Crippen LogP contribution < -0.4 is 5.73 Å². The molecule has 0 saturated heterocycles.